The summed E-state index contributed by atoms with van der Waals surface area (Å²) in [5.74, 6) is 2.09. The third-order valence-electron chi connectivity index (χ3n) is 6.83. The number of benzene rings is 1. The highest BCUT2D eigenvalue weighted by molar-refractivity contribution is 5.50. The van der Waals surface area contributed by atoms with Gasteiger partial charge < -0.3 is 24.5 Å². The highest BCUT2D eigenvalue weighted by Crippen LogP contribution is 2.36. The molecule has 37 heavy (non-hydrogen) atoms. The molecule has 2 N–H and O–H groups in total. The van der Waals surface area contributed by atoms with Crippen LogP contribution in [-0.4, -0.2) is 80.1 Å². The second kappa shape index (κ2) is 13.7. The number of morpholine rings is 1. The van der Waals surface area contributed by atoms with Crippen LogP contribution in [0.4, 0.5) is 16.0 Å². The lowest BCUT2D eigenvalue weighted by Crippen LogP contribution is -2.39. The molecule has 0 bridgehead atoms. The van der Waals surface area contributed by atoms with Crippen molar-refractivity contribution in [2.75, 3.05) is 69.5 Å². The van der Waals surface area contributed by atoms with Crippen molar-refractivity contribution in [3.63, 3.8) is 0 Å². The lowest BCUT2D eigenvalue weighted by Gasteiger charge is -2.31. The summed E-state index contributed by atoms with van der Waals surface area (Å²) >= 11 is 0. The Bertz CT molecular complexity index is 985. The summed E-state index contributed by atoms with van der Waals surface area (Å²) in [6.45, 7) is 13.5. The second-order valence-electron chi connectivity index (χ2n) is 9.67. The first-order valence-corrected chi connectivity index (χ1v) is 13.6. The minimum absolute atomic E-state index is 0.0101. The first-order chi connectivity index (χ1) is 18.1. The van der Waals surface area contributed by atoms with Gasteiger partial charge in [0, 0.05) is 56.3 Å². The summed E-state index contributed by atoms with van der Waals surface area (Å²) in [4.78, 5) is 14.0. The number of fused-ring (bicyclic) bond motifs is 1. The van der Waals surface area contributed by atoms with Gasteiger partial charge >= 0.3 is 6.01 Å². The molecular weight excluding hydrogens is 475 g/mol. The van der Waals surface area contributed by atoms with E-state index in [4.69, 9.17) is 19.2 Å². The highest BCUT2D eigenvalue weighted by Gasteiger charge is 2.27. The zero-order valence-corrected chi connectivity index (χ0v) is 22.3. The van der Waals surface area contributed by atoms with Crippen molar-refractivity contribution >= 4 is 11.6 Å². The van der Waals surface area contributed by atoms with Gasteiger partial charge in [0.2, 0.25) is 0 Å². The number of nitrogens with zero attached hydrogens (tertiary/aromatic N) is 4. The molecule has 1 fully saturated rings. The maximum Gasteiger partial charge on any atom is 0.320 e. The number of hydrogen-bond acceptors (Lipinski definition) is 9. The van der Waals surface area contributed by atoms with Gasteiger partial charge in [-0.2, -0.15) is 9.97 Å². The average molecular weight is 517 g/mol. The van der Waals surface area contributed by atoms with Crippen LogP contribution in [0, 0.1) is 5.82 Å². The molecule has 2 atom stereocenters. The van der Waals surface area contributed by atoms with Gasteiger partial charge in [0.1, 0.15) is 29.8 Å². The minimum Gasteiger partial charge on any atom is -0.493 e. The van der Waals surface area contributed by atoms with Crippen molar-refractivity contribution in [3.05, 3.63) is 35.6 Å². The molecule has 0 amide bonds. The molecule has 0 spiro atoms. The SMILES string of the molecule is CCCN(CCC)c1cc(NNC(C)C2CCOc3ccc(F)cc32)nc(OCCN2CCOCC2)n1. The molecule has 10 heteroatoms. The lowest BCUT2D eigenvalue weighted by atomic mass is 9.87. The smallest absolute Gasteiger partial charge is 0.320 e. The van der Waals surface area contributed by atoms with Crippen LogP contribution < -0.4 is 25.2 Å². The van der Waals surface area contributed by atoms with Gasteiger partial charge in [0.05, 0.1) is 19.8 Å². The topological polar surface area (TPSA) is 84.0 Å². The number of halogens is 1. The van der Waals surface area contributed by atoms with E-state index in [1.54, 1.807) is 12.1 Å². The largest absolute Gasteiger partial charge is 0.493 e. The molecule has 3 heterocycles. The quantitative estimate of drug-likeness (QED) is 0.386. The minimum atomic E-state index is -0.249. The number of hydrogen-bond donors (Lipinski definition) is 2. The summed E-state index contributed by atoms with van der Waals surface area (Å²) < 4.78 is 31.1. The van der Waals surface area contributed by atoms with E-state index < -0.39 is 0 Å². The molecule has 1 saturated heterocycles. The van der Waals surface area contributed by atoms with E-state index in [0.717, 1.165) is 82.3 Å². The van der Waals surface area contributed by atoms with E-state index >= 15 is 0 Å². The lowest BCUT2D eigenvalue weighted by molar-refractivity contribution is 0.0317. The van der Waals surface area contributed by atoms with Gasteiger partial charge in [-0.25, -0.2) is 9.82 Å². The Kier molecular flexibility index (Phi) is 10.2. The first kappa shape index (κ1) is 27.3. The van der Waals surface area contributed by atoms with Crippen LogP contribution in [0.2, 0.25) is 0 Å². The number of rotatable bonds is 13. The van der Waals surface area contributed by atoms with Gasteiger partial charge in [-0.1, -0.05) is 13.8 Å². The Hall–Kier alpha value is -2.69. The molecule has 0 radical (unpaired) electrons. The van der Waals surface area contributed by atoms with Crippen molar-refractivity contribution in [1.82, 2.24) is 20.3 Å². The molecule has 204 valence electrons. The summed E-state index contributed by atoms with van der Waals surface area (Å²) in [6, 6.07) is 7.06. The number of hydrazine groups is 1. The standard InChI is InChI=1S/C27H41FN6O3/c1-4-9-34(10-5-2)26-19-25(29-27(30-26)37-17-13-33-11-15-35-16-12-33)32-31-20(3)22-8-14-36-24-7-6-21(28)18-23(22)24/h6-7,18-20,22,31H,4-5,8-17H2,1-3H3,(H,29,30,32). The molecule has 0 aliphatic carbocycles. The van der Waals surface area contributed by atoms with Crippen LogP contribution in [0.15, 0.2) is 24.3 Å². The van der Waals surface area contributed by atoms with Crippen LogP contribution in [0.3, 0.4) is 0 Å². The normalized spacial score (nSPS) is 18.5. The third kappa shape index (κ3) is 7.66. The Morgan fingerprint density at radius 1 is 1.14 bits per heavy atom. The fraction of sp³-hybridized carbons (Fsp3) is 0.630. The molecule has 4 rings (SSSR count). The second-order valence-corrected chi connectivity index (χ2v) is 9.67. The third-order valence-corrected chi connectivity index (χ3v) is 6.83. The summed E-state index contributed by atoms with van der Waals surface area (Å²) in [6.07, 6.45) is 2.85. The van der Waals surface area contributed by atoms with Crippen LogP contribution in [0.5, 0.6) is 11.8 Å². The average Bonchev–Trinajstić information content (AvgIpc) is 2.92. The monoisotopic (exact) mass is 516 g/mol. The molecule has 9 nitrogen and oxygen atoms in total. The first-order valence-electron chi connectivity index (χ1n) is 13.6. The molecule has 1 aromatic heterocycles. The van der Waals surface area contributed by atoms with Crippen molar-refractivity contribution < 1.29 is 18.6 Å². The van der Waals surface area contributed by atoms with Crippen LogP contribution in [0.25, 0.3) is 0 Å². The maximum atomic E-state index is 14.0. The van der Waals surface area contributed by atoms with Gasteiger partial charge in [0.25, 0.3) is 0 Å². The van der Waals surface area contributed by atoms with Gasteiger partial charge in [-0.05, 0) is 44.4 Å². The maximum absolute atomic E-state index is 14.0. The molecule has 1 aromatic carbocycles. The van der Waals surface area contributed by atoms with E-state index in [1.165, 1.54) is 6.07 Å². The Balaban J connectivity index is 1.45. The van der Waals surface area contributed by atoms with Gasteiger partial charge in [0.15, 0.2) is 0 Å². The number of anilines is 2. The van der Waals surface area contributed by atoms with E-state index in [-0.39, 0.29) is 17.8 Å². The van der Waals surface area contributed by atoms with Crippen LogP contribution >= 0.6 is 0 Å². The predicted molar refractivity (Wildman–Crippen MR) is 143 cm³/mol. The molecule has 2 aliphatic rings. The summed E-state index contributed by atoms with van der Waals surface area (Å²) in [5.41, 5.74) is 7.55. The predicted octanol–water partition coefficient (Wildman–Crippen LogP) is 3.82. The molecule has 2 aromatic rings. The van der Waals surface area contributed by atoms with Gasteiger partial charge in [-0.3, -0.25) is 4.90 Å². The Morgan fingerprint density at radius 2 is 1.92 bits per heavy atom. The fourth-order valence-electron chi connectivity index (χ4n) is 4.87. The van der Waals surface area contributed by atoms with Crippen molar-refractivity contribution in [2.24, 2.45) is 0 Å². The van der Waals surface area contributed by atoms with E-state index in [9.17, 15) is 4.39 Å². The van der Waals surface area contributed by atoms with E-state index in [1.807, 2.05) is 6.07 Å². The number of nitrogens with one attached hydrogen (secondary N) is 2. The molecular formula is C27H41FN6O3. The highest BCUT2D eigenvalue weighted by atomic mass is 19.1. The zero-order valence-electron chi connectivity index (χ0n) is 22.3. The van der Waals surface area contributed by atoms with Crippen LogP contribution in [-0.2, 0) is 4.74 Å². The number of ether oxygens (including phenoxy) is 3. The van der Waals surface area contributed by atoms with Crippen molar-refractivity contribution in [2.45, 2.75) is 52.0 Å². The molecule has 2 unspecified atom stereocenters. The summed E-state index contributed by atoms with van der Waals surface area (Å²) in [7, 11) is 0. The van der Waals surface area contributed by atoms with Crippen molar-refractivity contribution in [3.8, 4) is 11.8 Å². The number of aromatic nitrogens is 2. The molecule has 0 saturated carbocycles. The zero-order chi connectivity index (χ0) is 26.0. The summed E-state index contributed by atoms with van der Waals surface area (Å²) in [5, 5.41) is 0. The Labute approximate surface area is 219 Å². The van der Waals surface area contributed by atoms with E-state index in [0.29, 0.717) is 25.0 Å². The van der Waals surface area contributed by atoms with Gasteiger partial charge in [-0.15, -0.1) is 0 Å². The van der Waals surface area contributed by atoms with E-state index in [2.05, 4.69) is 46.4 Å². The molecule has 2 aliphatic heterocycles. The Morgan fingerprint density at radius 3 is 2.68 bits per heavy atom. The van der Waals surface area contributed by atoms with Crippen LogP contribution in [0.1, 0.15) is 51.5 Å². The van der Waals surface area contributed by atoms with Crippen molar-refractivity contribution in [1.29, 1.82) is 0 Å². The fourth-order valence-corrected chi connectivity index (χ4v) is 4.87.